The SMILES string of the molecule is COC1=CCC(C)C(CNC(=O)c2ccc(Nc3nc4ccccc4n4nnnc34)cc2)=C1. The van der Waals surface area contributed by atoms with E-state index in [1.165, 1.54) is 0 Å². The lowest BCUT2D eigenvalue weighted by molar-refractivity contribution is 0.0956. The van der Waals surface area contributed by atoms with Crippen molar-refractivity contribution in [3.63, 3.8) is 0 Å². The van der Waals surface area contributed by atoms with Crippen molar-refractivity contribution in [3.8, 4) is 0 Å². The first-order valence-electron chi connectivity index (χ1n) is 10.7. The fourth-order valence-corrected chi connectivity index (χ4v) is 3.81. The van der Waals surface area contributed by atoms with Crippen LogP contribution in [0.25, 0.3) is 16.7 Å². The summed E-state index contributed by atoms with van der Waals surface area (Å²) in [6, 6.07) is 14.9. The van der Waals surface area contributed by atoms with Gasteiger partial charge in [0.05, 0.1) is 18.1 Å². The number of allylic oxidation sites excluding steroid dienone is 2. The molecule has 0 aliphatic heterocycles. The molecule has 2 N–H and O–H groups in total. The van der Waals surface area contributed by atoms with Crippen LogP contribution in [-0.4, -0.2) is 44.6 Å². The number of nitrogens with zero attached hydrogens (tertiary/aromatic N) is 5. The Hall–Kier alpha value is -4.27. The van der Waals surface area contributed by atoms with E-state index in [9.17, 15) is 4.79 Å². The van der Waals surface area contributed by atoms with E-state index < -0.39 is 0 Å². The van der Waals surface area contributed by atoms with Gasteiger partial charge >= 0.3 is 0 Å². The third kappa shape index (κ3) is 4.12. The smallest absolute Gasteiger partial charge is 0.251 e. The average Bonchev–Trinajstić information content (AvgIpc) is 3.35. The van der Waals surface area contributed by atoms with E-state index in [0.717, 1.165) is 34.5 Å². The molecule has 0 saturated heterocycles. The van der Waals surface area contributed by atoms with Crippen LogP contribution in [0.2, 0.25) is 0 Å². The van der Waals surface area contributed by atoms with Gasteiger partial charge in [-0.15, -0.1) is 5.10 Å². The predicted octanol–water partition coefficient (Wildman–Crippen LogP) is 3.64. The highest BCUT2D eigenvalue weighted by molar-refractivity contribution is 5.94. The lowest BCUT2D eigenvalue weighted by atomic mass is 9.92. The van der Waals surface area contributed by atoms with Crippen LogP contribution in [0, 0.1) is 5.92 Å². The van der Waals surface area contributed by atoms with Crippen molar-refractivity contribution in [2.24, 2.45) is 5.92 Å². The summed E-state index contributed by atoms with van der Waals surface area (Å²) in [4.78, 5) is 17.3. The molecular weight excluding hydrogens is 418 g/mol. The molecule has 166 valence electrons. The Morgan fingerprint density at radius 2 is 2.00 bits per heavy atom. The summed E-state index contributed by atoms with van der Waals surface area (Å²) in [5.41, 5.74) is 4.62. The molecule has 0 saturated carbocycles. The minimum absolute atomic E-state index is 0.129. The molecule has 0 spiro atoms. The van der Waals surface area contributed by atoms with Crippen molar-refractivity contribution < 1.29 is 9.53 Å². The number of benzene rings is 2. The van der Waals surface area contributed by atoms with Crippen molar-refractivity contribution in [1.29, 1.82) is 0 Å². The topological polar surface area (TPSA) is 106 Å². The first kappa shape index (κ1) is 20.6. The molecule has 4 aromatic rings. The van der Waals surface area contributed by atoms with Gasteiger partial charge in [0, 0.05) is 17.8 Å². The second-order valence-corrected chi connectivity index (χ2v) is 7.92. The number of carbonyl (C=O) groups excluding carboxylic acids is 1. The van der Waals surface area contributed by atoms with Gasteiger partial charge in [-0.25, -0.2) is 4.98 Å². The number of fused-ring (bicyclic) bond motifs is 3. The average molecular weight is 441 g/mol. The van der Waals surface area contributed by atoms with Crippen molar-refractivity contribution in [2.75, 3.05) is 19.0 Å². The molecule has 5 rings (SSSR count). The molecule has 1 atom stereocenters. The van der Waals surface area contributed by atoms with Crippen LogP contribution in [-0.2, 0) is 4.74 Å². The van der Waals surface area contributed by atoms with E-state index in [1.807, 2.05) is 42.5 Å². The number of methoxy groups -OCH3 is 1. The lowest BCUT2D eigenvalue weighted by Crippen LogP contribution is -2.28. The normalized spacial score (nSPS) is 15.8. The number of carbonyl (C=O) groups is 1. The van der Waals surface area contributed by atoms with E-state index in [-0.39, 0.29) is 5.91 Å². The first-order valence-corrected chi connectivity index (χ1v) is 10.7. The van der Waals surface area contributed by atoms with Crippen molar-refractivity contribution in [2.45, 2.75) is 13.3 Å². The lowest BCUT2D eigenvalue weighted by Gasteiger charge is -2.20. The molecule has 2 heterocycles. The Labute approximate surface area is 190 Å². The van der Waals surface area contributed by atoms with Crippen LogP contribution in [0.5, 0.6) is 0 Å². The largest absolute Gasteiger partial charge is 0.497 e. The molecule has 33 heavy (non-hydrogen) atoms. The molecule has 0 fully saturated rings. The Balaban J connectivity index is 1.30. The second kappa shape index (κ2) is 8.70. The number of rotatable bonds is 6. The number of nitrogens with one attached hydrogen (secondary N) is 2. The van der Waals surface area contributed by atoms with Gasteiger partial charge in [-0.3, -0.25) is 4.79 Å². The zero-order valence-corrected chi connectivity index (χ0v) is 18.3. The van der Waals surface area contributed by atoms with Crippen LogP contribution in [0.3, 0.4) is 0 Å². The van der Waals surface area contributed by atoms with Crippen LogP contribution in [0.4, 0.5) is 11.5 Å². The third-order valence-electron chi connectivity index (χ3n) is 5.76. The summed E-state index contributed by atoms with van der Waals surface area (Å²) in [5, 5.41) is 18.2. The van der Waals surface area contributed by atoms with Gasteiger partial charge in [-0.1, -0.05) is 19.1 Å². The monoisotopic (exact) mass is 441 g/mol. The standard InChI is InChI=1S/C24H23N7O2/c1-15-7-12-19(33-2)13-17(15)14-25-24(32)16-8-10-18(11-9-16)26-22-23-28-29-30-31(23)21-6-4-3-5-20(21)27-22/h3-6,8-13,15H,7,14H2,1-2H3,(H,25,32)(H,26,27). The van der Waals surface area contributed by atoms with Gasteiger partial charge in [0.1, 0.15) is 5.76 Å². The van der Waals surface area contributed by atoms with Crippen molar-refractivity contribution in [1.82, 2.24) is 30.3 Å². The minimum atomic E-state index is -0.129. The maximum absolute atomic E-state index is 12.7. The molecule has 2 aromatic heterocycles. The van der Waals surface area contributed by atoms with Crippen LogP contribution < -0.4 is 10.6 Å². The molecule has 0 bridgehead atoms. The Bertz CT molecular complexity index is 1390. The number of anilines is 2. The molecule has 9 nitrogen and oxygen atoms in total. The number of tetrazole rings is 1. The number of aromatic nitrogens is 5. The van der Waals surface area contributed by atoms with Crippen LogP contribution in [0.1, 0.15) is 23.7 Å². The van der Waals surface area contributed by atoms with Crippen molar-refractivity contribution >= 4 is 34.1 Å². The van der Waals surface area contributed by atoms with Gasteiger partial charge in [-0.2, -0.15) is 4.52 Å². The van der Waals surface area contributed by atoms with Gasteiger partial charge in [0.15, 0.2) is 5.82 Å². The minimum Gasteiger partial charge on any atom is -0.497 e. The summed E-state index contributed by atoms with van der Waals surface area (Å²) < 4.78 is 6.96. The van der Waals surface area contributed by atoms with Gasteiger partial charge < -0.3 is 15.4 Å². The van der Waals surface area contributed by atoms with E-state index in [2.05, 4.69) is 44.1 Å². The molecule has 9 heteroatoms. The highest BCUT2D eigenvalue weighted by Gasteiger charge is 2.16. The maximum Gasteiger partial charge on any atom is 0.251 e. The van der Waals surface area contributed by atoms with E-state index >= 15 is 0 Å². The molecule has 0 radical (unpaired) electrons. The molecule has 1 aliphatic carbocycles. The van der Waals surface area contributed by atoms with Gasteiger partial charge in [0.25, 0.3) is 5.91 Å². The van der Waals surface area contributed by atoms with E-state index in [4.69, 9.17) is 4.74 Å². The Morgan fingerprint density at radius 1 is 1.18 bits per heavy atom. The van der Waals surface area contributed by atoms with Gasteiger partial charge in [-0.05, 0) is 76.9 Å². The number of ether oxygens (including phenoxy) is 1. The molecule has 2 aromatic carbocycles. The number of para-hydroxylation sites is 2. The third-order valence-corrected chi connectivity index (χ3v) is 5.76. The fourth-order valence-electron chi connectivity index (χ4n) is 3.81. The molecule has 1 amide bonds. The molecular formula is C24H23N7O2. The Kier molecular flexibility index (Phi) is 5.43. The molecule has 1 aliphatic rings. The quantitative estimate of drug-likeness (QED) is 0.470. The van der Waals surface area contributed by atoms with E-state index in [0.29, 0.717) is 29.5 Å². The Morgan fingerprint density at radius 3 is 2.82 bits per heavy atom. The number of amides is 1. The van der Waals surface area contributed by atoms with Crippen LogP contribution >= 0.6 is 0 Å². The highest BCUT2D eigenvalue weighted by atomic mass is 16.5. The van der Waals surface area contributed by atoms with Gasteiger partial charge in [0.2, 0.25) is 5.65 Å². The summed E-state index contributed by atoms with van der Waals surface area (Å²) in [6.07, 6.45) is 4.97. The molecule has 1 unspecified atom stereocenters. The number of hydrogen-bond acceptors (Lipinski definition) is 7. The number of hydrogen-bond donors (Lipinski definition) is 2. The summed E-state index contributed by atoms with van der Waals surface area (Å²) >= 11 is 0. The van der Waals surface area contributed by atoms with Crippen LogP contribution in [0.15, 0.2) is 72.0 Å². The maximum atomic E-state index is 12.7. The van der Waals surface area contributed by atoms with Crippen molar-refractivity contribution in [3.05, 3.63) is 77.6 Å². The summed E-state index contributed by atoms with van der Waals surface area (Å²) in [6.45, 7) is 2.63. The zero-order valence-electron chi connectivity index (χ0n) is 18.3. The highest BCUT2D eigenvalue weighted by Crippen LogP contribution is 2.24. The summed E-state index contributed by atoms with van der Waals surface area (Å²) in [5.74, 6) is 1.62. The predicted molar refractivity (Wildman–Crippen MR) is 125 cm³/mol. The summed E-state index contributed by atoms with van der Waals surface area (Å²) in [7, 11) is 1.65. The first-order chi connectivity index (χ1) is 16.1. The fraction of sp³-hybridized carbons (Fsp3) is 0.208. The second-order valence-electron chi connectivity index (χ2n) is 7.92. The van der Waals surface area contributed by atoms with E-state index in [1.54, 1.807) is 23.8 Å². The zero-order chi connectivity index (χ0) is 22.8.